The molecule has 0 bridgehead atoms. The zero-order chi connectivity index (χ0) is 17.0. The number of anilines is 1. The van der Waals surface area contributed by atoms with Crippen LogP contribution in [0.3, 0.4) is 0 Å². The summed E-state index contributed by atoms with van der Waals surface area (Å²) in [6.07, 6.45) is 0. The van der Waals surface area contributed by atoms with Crippen molar-refractivity contribution in [1.82, 2.24) is 5.32 Å². The highest BCUT2D eigenvalue weighted by molar-refractivity contribution is 9.10. The second-order valence-electron chi connectivity index (χ2n) is 5.28. The fraction of sp³-hybridized carbons (Fsp3) is 0.235. The molecule has 0 saturated heterocycles. The molecule has 2 N–H and O–H groups in total. The van der Waals surface area contributed by atoms with Crippen LogP contribution in [-0.4, -0.2) is 12.5 Å². The zero-order valence-corrected chi connectivity index (χ0v) is 14.4. The molecule has 2 aromatic rings. The van der Waals surface area contributed by atoms with Crippen LogP contribution in [0.15, 0.2) is 40.9 Å². The quantitative estimate of drug-likeness (QED) is 0.807. The molecule has 122 valence electrons. The van der Waals surface area contributed by atoms with E-state index < -0.39 is 17.7 Å². The number of aryl methyl sites for hydroxylation is 1. The Hall–Kier alpha value is -1.79. The minimum Gasteiger partial charge on any atom is -0.325 e. The van der Waals surface area contributed by atoms with Crippen LogP contribution < -0.4 is 10.6 Å². The fourth-order valence-corrected chi connectivity index (χ4v) is 2.65. The molecule has 0 spiro atoms. The number of hydrogen-bond acceptors (Lipinski definition) is 2. The van der Waals surface area contributed by atoms with Gasteiger partial charge in [-0.3, -0.25) is 4.79 Å². The van der Waals surface area contributed by atoms with Crippen molar-refractivity contribution in [3.63, 3.8) is 0 Å². The van der Waals surface area contributed by atoms with Gasteiger partial charge in [0.2, 0.25) is 5.91 Å². The predicted molar refractivity (Wildman–Crippen MR) is 90.3 cm³/mol. The molecule has 0 fully saturated rings. The molecule has 0 saturated carbocycles. The van der Waals surface area contributed by atoms with Crippen molar-refractivity contribution < 1.29 is 13.6 Å². The Labute approximate surface area is 142 Å². The van der Waals surface area contributed by atoms with Crippen molar-refractivity contribution in [2.45, 2.75) is 19.9 Å². The van der Waals surface area contributed by atoms with Crippen LogP contribution in [0.2, 0.25) is 0 Å². The van der Waals surface area contributed by atoms with E-state index in [4.69, 9.17) is 0 Å². The normalized spacial score (nSPS) is 12.0. The summed E-state index contributed by atoms with van der Waals surface area (Å²) >= 11 is 3.36. The van der Waals surface area contributed by atoms with Gasteiger partial charge in [0.1, 0.15) is 11.6 Å². The first-order valence-electron chi connectivity index (χ1n) is 7.11. The maximum absolute atomic E-state index is 13.7. The first-order valence-corrected chi connectivity index (χ1v) is 7.90. The molecular formula is C17H17BrF2N2O. The van der Waals surface area contributed by atoms with Gasteiger partial charge in [-0.25, -0.2) is 8.78 Å². The van der Waals surface area contributed by atoms with Crippen LogP contribution in [0.1, 0.15) is 24.1 Å². The summed E-state index contributed by atoms with van der Waals surface area (Å²) in [4.78, 5) is 12.0. The minimum absolute atomic E-state index is 0.0213. The first kappa shape index (κ1) is 17.6. The number of carbonyl (C=O) groups is 1. The number of benzene rings is 2. The first-order chi connectivity index (χ1) is 10.9. The summed E-state index contributed by atoms with van der Waals surface area (Å²) in [5, 5.41) is 5.72. The number of carbonyl (C=O) groups excluding carboxylic acids is 1. The van der Waals surface area contributed by atoms with E-state index in [1.165, 1.54) is 12.1 Å². The van der Waals surface area contributed by atoms with Gasteiger partial charge in [-0.2, -0.15) is 0 Å². The smallest absolute Gasteiger partial charge is 0.238 e. The monoisotopic (exact) mass is 382 g/mol. The lowest BCUT2D eigenvalue weighted by Crippen LogP contribution is -2.30. The number of nitrogens with one attached hydrogen (secondary N) is 2. The molecule has 3 nitrogen and oxygen atoms in total. The van der Waals surface area contributed by atoms with E-state index in [-0.39, 0.29) is 12.5 Å². The summed E-state index contributed by atoms with van der Waals surface area (Å²) in [6.45, 7) is 3.63. The van der Waals surface area contributed by atoms with E-state index in [0.717, 1.165) is 21.8 Å². The van der Waals surface area contributed by atoms with E-state index in [2.05, 4.69) is 26.6 Å². The van der Waals surface area contributed by atoms with Crippen molar-refractivity contribution in [3.05, 3.63) is 63.6 Å². The molecule has 0 heterocycles. The van der Waals surface area contributed by atoms with Gasteiger partial charge in [0, 0.05) is 27.8 Å². The van der Waals surface area contributed by atoms with Crippen LogP contribution >= 0.6 is 15.9 Å². The van der Waals surface area contributed by atoms with Gasteiger partial charge in [-0.05, 0) is 43.7 Å². The Kier molecular flexibility index (Phi) is 5.85. The lowest BCUT2D eigenvalue weighted by Gasteiger charge is -2.15. The minimum atomic E-state index is -0.630. The third-order valence-electron chi connectivity index (χ3n) is 3.46. The molecular weight excluding hydrogens is 366 g/mol. The van der Waals surface area contributed by atoms with Gasteiger partial charge < -0.3 is 10.6 Å². The molecule has 0 radical (unpaired) electrons. The Morgan fingerprint density at radius 1 is 1.22 bits per heavy atom. The molecule has 0 aromatic heterocycles. The summed E-state index contributed by atoms with van der Waals surface area (Å²) in [7, 11) is 0. The molecule has 23 heavy (non-hydrogen) atoms. The highest BCUT2D eigenvalue weighted by Crippen LogP contribution is 2.20. The maximum atomic E-state index is 13.7. The van der Waals surface area contributed by atoms with Crippen molar-refractivity contribution >= 4 is 27.5 Å². The summed E-state index contributed by atoms with van der Waals surface area (Å²) in [6, 6.07) is 8.54. The Bertz CT molecular complexity index is 722. The van der Waals surface area contributed by atoms with Crippen LogP contribution in [0, 0.1) is 18.6 Å². The average molecular weight is 383 g/mol. The molecule has 1 atom stereocenters. The van der Waals surface area contributed by atoms with E-state index in [9.17, 15) is 13.6 Å². The van der Waals surface area contributed by atoms with E-state index >= 15 is 0 Å². The van der Waals surface area contributed by atoms with E-state index in [1.807, 2.05) is 19.1 Å². The van der Waals surface area contributed by atoms with Gasteiger partial charge >= 0.3 is 0 Å². The largest absolute Gasteiger partial charge is 0.325 e. The second kappa shape index (κ2) is 7.66. The number of halogens is 3. The molecule has 0 unspecified atom stereocenters. The maximum Gasteiger partial charge on any atom is 0.238 e. The highest BCUT2D eigenvalue weighted by Gasteiger charge is 2.13. The molecule has 2 rings (SSSR count). The van der Waals surface area contributed by atoms with Crippen LogP contribution in [-0.2, 0) is 4.79 Å². The van der Waals surface area contributed by atoms with Crippen LogP contribution in [0.25, 0.3) is 0 Å². The predicted octanol–water partition coefficient (Wildman–Crippen LogP) is 4.33. The molecule has 0 aliphatic rings. The van der Waals surface area contributed by atoms with Crippen LogP contribution in [0.5, 0.6) is 0 Å². The van der Waals surface area contributed by atoms with E-state index in [1.54, 1.807) is 13.0 Å². The van der Waals surface area contributed by atoms with Gasteiger partial charge in [0.25, 0.3) is 0 Å². The lowest BCUT2D eigenvalue weighted by molar-refractivity contribution is -0.115. The standard InChI is InChI=1S/C17H17BrF2N2O/c1-10-7-12(18)3-6-16(10)22-17(23)9-21-11(2)14-5-4-13(19)8-15(14)20/h3-8,11,21H,9H2,1-2H3,(H,22,23)/t11-/m1/s1. The summed E-state index contributed by atoms with van der Waals surface area (Å²) in [5.74, 6) is -1.49. The van der Waals surface area contributed by atoms with Crippen molar-refractivity contribution in [3.8, 4) is 0 Å². The van der Waals surface area contributed by atoms with E-state index in [0.29, 0.717) is 5.56 Å². The fourth-order valence-electron chi connectivity index (χ4n) is 2.17. The molecule has 6 heteroatoms. The molecule has 0 aliphatic carbocycles. The summed E-state index contributed by atoms with van der Waals surface area (Å²) < 4.78 is 27.5. The Morgan fingerprint density at radius 2 is 1.96 bits per heavy atom. The molecule has 2 aromatic carbocycles. The van der Waals surface area contributed by atoms with Crippen molar-refractivity contribution in [2.75, 3.05) is 11.9 Å². The third kappa shape index (κ3) is 4.84. The van der Waals surface area contributed by atoms with Gasteiger partial charge in [0.05, 0.1) is 6.54 Å². The summed E-state index contributed by atoms with van der Waals surface area (Å²) in [5.41, 5.74) is 1.98. The average Bonchev–Trinajstić information content (AvgIpc) is 2.48. The number of amides is 1. The van der Waals surface area contributed by atoms with Crippen molar-refractivity contribution in [1.29, 1.82) is 0 Å². The highest BCUT2D eigenvalue weighted by atomic mass is 79.9. The van der Waals surface area contributed by atoms with Gasteiger partial charge in [-0.15, -0.1) is 0 Å². The molecule has 1 amide bonds. The zero-order valence-electron chi connectivity index (χ0n) is 12.8. The molecule has 0 aliphatic heterocycles. The lowest BCUT2D eigenvalue weighted by atomic mass is 10.1. The third-order valence-corrected chi connectivity index (χ3v) is 3.95. The number of hydrogen-bond donors (Lipinski definition) is 2. The second-order valence-corrected chi connectivity index (χ2v) is 6.19. The number of rotatable bonds is 5. The Balaban J connectivity index is 1.93. The van der Waals surface area contributed by atoms with Gasteiger partial charge in [-0.1, -0.05) is 22.0 Å². The SMILES string of the molecule is Cc1cc(Br)ccc1NC(=O)CN[C@H](C)c1ccc(F)cc1F. The Morgan fingerprint density at radius 3 is 2.61 bits per heavy atom. The topological polar surface area (TPSA) is 41.1 Å². The van der Waals surface area contributed by atoms with Crippen LogP contribution in [0.4, 0.5) is 14.5 Å². The van der Waals surface area contributed by atoms with Gasteiger partial charge in [0.15, 0.2) is 0 Å². The van der Waals surface area contributed by atoms with Crippen molar-refractivity contribution in [2.24, 2.45) is 0 Å².